The maximum absolute atomic E-state index is 10.7. The second-order valence-corrected chi connectivity index (χ2v) is 5.16. The quantitative estimate of drug-likeness (QED) is 0.621. The average Bonchev–Trinajstić information content (AvgIpc) is 1.63. The summed E-state index contributed by atoms with van der Waals surface area (Å²) in [6.07, 6.45) is 0. The summed E-state index contributed by atoms with van der Waals surface area (Å²) >= 11 is -1.92. The topological polar surface area (TPSA) is 54.4 Å². The fourth-order valence-corrected chi connectivity index (χ4v) is 2.12. The predicted octanol–water partition coefficient (Wildman–Crippen LogP) is 0.323. The molecular formula is C4H10O3S2. The predicted molar refractivity (Wildman–Crippen MR) is 38.9 cm³/mol. The summed E-state index contributed by atoms with van der Waals surface area (Å²) < 4.78 is 29.0. The van der Waals surface area contributed by atoms with Gasteiger partial charge in [-0.25, -0.2) is 4.21 Å². The molecule has 1 N–H and O–H groups in total. The second-order valence-electron chi connectivity index (χ2n) is 1.87. The van der Waals surface area contributed by atoms with E-state index in [4.69, 9.17) is 4.55 Å². The minimum atomic E-state index is -1.92. The molecule has 2 unspecified atom stereocenters. The van der Waals surface area contributed by atoms with Crippen LogP contribution in [0.25, 0.3) is 0 Å². The minimum Gasteiger partial charge on any atom is -0.305 e. The third-order valence-corrected chi connectivity index (χ3v) is 3.53. The van der Waals surface area contributed by atoms with Gasteiger partial charge in [-0.2, -0.15) is 0 Å². The van der Waals surface area contributed by atoms with Gasteiger partial charge in [0, 0.05) is 16.0 Å². The molecule has 0 aliphatic rings. The molecule has 2 atom stereocenters. The Morgan fingerprint density at radius 2 is 1.89 bits per heavy atom. The highest BCUT2D eigenvalue weighted by molar-refractivity contribution is 7.99. The molecule has 56 valence electrons. The van der Waals surface area contributed by atoms with Crippen molar-refractivity contribution < 1.29 is 13.0 Å². The lowest BCUT2D eigenvalue weighted by molar-refractivity contribution is 0.568. The van der Waals surface area contributed by atoms with Crippen LogP contribution in [0.4, 0.5) is 0 Å². The Balaban J connectivity index is 3.64. The van der Waals surface area contributed by atoms with Crippen molar-refractivity contribution >= 4 is 21.9 Å². The van der Waals surface area contributed by atoms with E-state index in [0.717, 1.165) is 0 Å². The second kappa shape index (κ2) is 4.14. The lowest BCUT2D eigenvalue weighted by atomic mass is 10.6. The summed E-state index contributed by atoms with van der Waals surface area (Å²) in [5.74, 6) is 0. The van der Waals surface area contributed by atoms with Gasteiger partial charge in [0.1, 0.15) is 5.08 Å². The van der Waals surface area contributed by atoms with Crippen LogP contribution in [0.15, 0.2) is 0 Å². The summed E-state index contributed by atoms with van der Waals surface area (Å²) in [7, 11) is -1.15. The molecule has 0 aromatic heterocycles. The SMILES string of the molecule is CC(C)S(=O)CS(=O)O. The normalized spacial score (nSPS) is 17.8. The van der Waals surface area contributed by atoms with Crippen molar-refractivity contribution in [2.45, 2.75) is 19.1 Å². The largest absolute Gasteiger partial charge is 0.305 e. The number of hydrogen-bond acceptors (Lipinski definition) is 2. The van der Waals surface area contributed by atoms with Crippen LogP contribution < -0.4 is 0 Å². The fraction of sp³-hybridized carbons (Fsp3) is 1.00. The molecule has 0 rings (SSSR count). The Morgan fingerprint density at radius 1 is 1.44 bits per heavy atom. The van der Waals surface area contributed by atoms with Crippen molar-refractivity contribution in [1.29, 1.82) is 0 Å². The van der Waals surface area contributed by atoms with Gasteiger partial charge in [-0.3, -0.25) is 4.21 Å². The van der Waals surface area contributed by atoms with Crippen molar-refractivity contribution in [1.82, 2.24) is 0 Å². The van der Waals surface area contributed by atoms with E-state index in [-0.39, 0.29) is 10.3 Å². The molecule has 0 fully saturated rings. The van der Waals surface area contributed by atoms with E-state index in [0.29, 0.717) is 0 Å². The Morgan fingerprint density at radius 3 is 2.00 bits per heavy atom. The first-order valence-electron chi connectivity index (χ1n) is 2.48. The van der Waals surface area contributed by atoms with Gasteiger partial charge < -0.3 is 4.55 Å². The standard InChI is InChI=1S/C4H10O3S2/c1-4(2)8(5)3-9(6)7/h4H,3H2,1-2H3,(H,6,7). The molecule has 0 bridgehead atoms. The smallest absolute Gasteiger partial charge is 0.165 e. The summed E-state index contributed by atoms with van der Waals surface area (Å²) in [5.41, 5.74) is 0. The number of rotatable bonds is 3. The van der Waals surface area contributed by atoms with E-state index in [2.05, 4.69) is 0 Å². The Labute approximate surface area is 59.6 Å². The van der Waals surface area contributed by atoms with Crippen LogP contribution >= 0.6 is 0 Å². The van der Waals surface area contributed by atoms with Crippen LogP contribution in [0.2, 0.25) is 0 Å². The Hall–Kier alpha value is 0.260. The van der Waals surface area contributed by atoms with Gasteiger partial charge in [-0.05, 0) is 0 Å². The van der Waals surface area contributed by atoms with Crippen molar-refractivity contribution in [2.75, 3.05) is 5.08 Å². The van der Waals surface area contributed by atoms with Crippen LogP contribution in [0.1, 0.15) is 13.8 Å². The van der Waals surface area contributed by atoms with E-state index < -0.39 is 21.9 Å². The zero-order chi connectivity index (χ0) is 7.44. The molecule has 0 amide bonds. The molecule has 9 heavy (non-hydrogen) atoms. The fourth-order valence-electron chi connectivity index (χ4n) is 0.235. The van der Waals surface area contributed by atoms with Gasteiger partial charge in [0.15, 0.2) is 11.1 Å². The van der Waals surface area contributed by atoms with Crippen molar-refractivity contribution in [3.63, 3.8) is 0 Å². The summed E-state index contributed by atoms with van der Waals surface area (Å²) in [6.45, 7) is 3.51. The van der Waals surface area contributed by atoms with Crippen LogP contribution in [-0.4, -0.2) is 23.3 Å². The first kappa shape index (κ1) is 9.26. The molecule has 0 aromatic carbocycles. The zero-order valence-corrected chi connectivity index (χ0v) is 7.00. The summed E-state index contributed by atoms with van der Waals surface area (Å²) in [5, 5.41) is -0.154. The molecular weight excluding hydrogens is 160 g/mol. The Bertz CT molecular complexity index is 132. The molecule has 0 aromatic rings. The van der Waals surface area contributed by atoms with Gasteiger partial charge in [-0.15, -0.1) is 0 Å². The van der Waals surface area contributed by atoms with Gasteiger partial charge in [0.2, 0.25) is 0 Å². The van der Waals surface area contributed by atoms with Crippen LogP contribution in [0, 0.1) is 0 Å². The van der Waals surface area contributed by atoms with E-state index in [9.17, 15) is 8.42 Å². The molecule has 5 heteroatoms. The highest BCUT2D eigenvalue weighted by atomic mass is 32.3. The molecule has 0 aliphatic carbocycles. The summed E-state index contributed by atoms with van der Waals surface area (Å²) in [4.78, 5) is 0. The molecule has 0 aliphatic heterocycles. The number of hydrogen-bond donors (Lipinski definition) is 1. The van der Waals surface area contributed by atoms with E-state index in [1.165, 1.54) is 0 Å². The van der Waals surface area contributed by atoms with Crippen molar-refractivity contribution in [3.05, 3.63) is 0 Å². The highest BCUT2D eigenvalue weighted by Crippen LogP contribution is 1.94. The lowest BCUT2D eigenvalue weighted by Crippen LogP contribution is -2.12. The highest BCUT2D eigenvalue weighted by Gasteiger charge is 2.06. The van der Waals surface area contributed by atoms with Crippen LogP contribution in [0.3, 0.4) is 0 Å². The van der Waals surface area contributed by atoms with E-state index in [1.807, 2.05) is 0 Å². The van der Waals surface area contributed by atoms with Gasteiger partial charge >= 0.3 is 0 Å². The average molecular weight is 170 g/mol. The molecule has 0 heterocycles. The first-order chi connectivity index (χ1) is 4.04. The molecule has 0 radical (unpaired) electrons. The molecule has 0 saturated carbocycles. The van der Waals surface area contributed by atoms with Crippen LogP contribution in [-0.2, 0) is 21.9 Å². The van der Waals surface area contributed by atoms with E-state index in [1.54, 1.807) is 13.8 Å². The lowest BCUT2D eigenvalue weighted by Gasteiger charge is -1.99. The van der Waals surface area contributed by atoms with Gasteiger partial charge in [0.25, 0.3) is 0 Å². The van der Waals surface area contributed by atoms with Crippen molar-refractivity contribution in [3.8, 4) is 0 Å². The van der Waals surface area contributed by atoms with Gasteiger partial charge in [-0.1, -0.05) is 13.8 Å². The summed E-state index contributed by atoms with van der Waals surface area (Å²) in [6, 6.07) is 0. The first-order valence-corrected chi connectivity index (χ1v) is 5.14. The monoisotopic (exact) mass is 170 g/mol. The van der Waals surface area contributed by atoms with Gasteiger partial charge in [0.05, 0.1) is 0 Å². The molecule has 3 nitrogen and oxygen atoms in total. The maximum Gasteiger partial charge on any atom is 0.165 e. The zero-order valence-electron chi connectivity index (χ0n) is 5.36. The molecule has 0 spiro atoms. The molecule has 0 saturated heterocycles. The minimum absolute atomic E-state index is 0.0268. The Kier molecular flexibility index (Phi) is 4.26. The van der Waals surface area contributed by atoms with Crippen LogP contribution in [0.5, 0.6) is 0 Å². The van der Waals surface area contributed by atoms with E-state index >= 15 is 0 Å². The third-order valence-electron chi connectivity index (χ3n) is 0.743. The van der Waals surface area contributed by atoms with Crippen molar-refractivity contribution in [2.24, 2.45) is 0 Å². The maximum atomic E-state index is 10.7. The third kappa shape index (κ3) is 4.74.